The molecule has 1 aromatic carbocycles. The Morgan fingerprint density at radius 3 is 2.91 bits per heavy atom. The number of fused-ring (bicyclic) bond motifs is 1. The van der Waals surface area contributed by atoms with E-state index in [4.69, 9.17) is 4.74 Å². The normalized spacial score (nSPS) is 15.7. The molecule has 1 aromatic heterocycles. The van der Waals surface area contributed by atoms with Gasteiger partial charge in [0, 0.05) is 32.2 Å². The van der Waals surface area contributed by atoms with Gasteiger partial charge in [-0.25, -0.2) is 4.98 Å². The molecular weight excluding hydrogens is 302 g/mol. The summed E-state index contributed by atoms with van der Waals surface area (Å²) in [6, 6.07) is 2.81. The van der Waals surface area contributed by atoms with E-state index in [2.05, 4.69) is 20.2 Å². The van der Waals surface area contributed by atoms with Crippen LogP contribution in [-0.2, 0) is 4.74 Å². The van der Waals surface area contributed by atoms with E-state index in [9.17, 15) is 14.9 Å². The molecule has 3 rings (SSSR count). The second-order valence-electron chi connectivity index (χ2n) is 5.26. The molecular formula is C14H17N5O4. The van der Waals surface area contributed by atoms with Gasteiger partial charge in [-0.2, -0.15) is 0 Å². The number of hydrogen-bond donors (Lipinski definition) is 2. The van der Waals surface area contributed by atoms with Crippen LogP contribution in [-0.4, -0.2) is 59.2 Å². The van der Waals surface area contributed by atoms with E-state index in [1.807, 2.05) is 0 Å². The molecule has 122 valence electrons. The maximum absolute atomic E-state index is 11.7. The molecule has 0 unspecified atom stereocenters. The first-order chi connectivity index (χ1) is 11.1. The van der Waals surface area contributed by atoms with Gasteiger partial charge in [-0.3, -0.25) is 19.8 Å². The molecule has 9 nitrogen and oxygen atoms in total. The van der Waals surface area contributed by atoms with Crippen LogP contribution in [0.25, 0.3) is 10.9 Å². The van der Waals surface area contributed by atoms with Crippen LogP contribution in [0.15, 0.2) is 23.3 Å². The Morgan fingerprint density at radius 1 is 1.39 bits per heavy atom. The summed E-state index contributed by atoms with van der Waals surface area (Å²) in [6.07, 6.45) is 1.29. The fourth-order valence-corrected chi connectivity index (χ4v) is 2.57. The predicted octanol–water partition coefficient (Wildman–Crippen LogP) is 0.575. The van der Waals surface area contributed by atoms with Gasteiger partial charge in [-0.05, 0) is 6.07 Å². The Bertz CT molecular complexity index is 769. The topological polar surface area (TPSA) is 113 Å². The number of morpholine rings is 1. The van der Waals surface area contributed by atoms with Gasteiger partial charge in [0.2, 0.25) is 0 Å². The predicted molar refractivity (Wildman–Crippen MR) is 84.8 cm³/mol. The summed E-state index contributed by atoms with van der Waals surface area (Å²) < 4.78 is 5.28. The van der Waals surface area contributed by atoms with E-state index < -0.39 is 10.5 Å². The van der Waals surface area contributed by atoms with Crippen molar-refractivity contribution in [3.05, 3.63) is 38.9 Å². The average molecular weight is 319 g/mol. The van der Waals surface area contributed by atoms with Gasteiger partial charge in [0.1, 0.15) is 5.69 Å². The highest BCUT2D eigenvalue weighted by Gasteiger charge is 2.17. The van der Waals surface area contributed by atoms with E-state index in [-0.39, 0.29) is 11.1 Å². The van der Waals surface area contributed by atoms with Crippen LogP contribution in [0.1, 0.15) is 0 Å². The van der Waals surface area contributed by atoms with E-state index in [0.29, 0.717) is 31.0 Å². The number of nitro benzene ring substituents is 1. The Labute approximate surface area is 131 Å². The number of aromatic amines is 1. The number of nitrogens with one attached hydrogen (secondary N) is 2. The molecule has 9 heteroatoms. The Kier molecular flexibility index (Phi) is 4.49. The Hall–Kier alpha value is -2.52. The number of anilines is 1. The van der Waals surface area contributed by atoms with Gasteiger partial charge in [0.25, 0.3) is 11.2 Å². The number of rotatable bonds is 5. The molecule has 0 saturated carbocycles. The van der Waals surface area contributed by atoms with Gasteiger partial charge in [0.05, 0.1) is 35.4 Å². The monoisotopic (exact) mass is 319 g/mol. The molecule has 23 heavy (non-hydrogen) atoms. The standard InChI is InChI=1S/C14H17N5O4/c20-14-10-7-13(19(21)22)12(8-11(10)16-9-17-14)15-1-2-18-3-5-23-6-4-18/h7-9,15H,1-6H2,(H,16,17,20). The van der Waals surface area contributed by atoms with Crippen molar-refractivity contribution in [1.82, 2.24) is 14.9 Å². The van der Waals surface area contributed by atoms with Crippen molar-refractivity contribution < 1.29 is 9.66 Å². The molecule has 1 saturated heterocycles. The van der Waals surface area contributed by atoms with Crippen molar-refractivity contribution in [2.75, 3.05) is 44.7 Å². The molecule has 0 radical (unpaired) electrons. The highest BCUT2D eigenvalue weighted by atomic mass is 16.6. The highest BCUT2D eigenvalue weighted by Crippen LogP contribution is 2.27. The second-order valence-corrected chi connectivity index (χ2v) is 5.26. The zero-order valence-corrected chi connectivity index (χ0v) is 12.4. The molecule has 1 aliphatic heterocycles. The molecule has 2 heterocycles. The SMILES string of the molecule is O=c1[nH]cnc2cc(NCCN3CCOCC3)c([N+](=O)[O-])cc12. The number of aromatic nitrogens is 2. The van der Waals surface area contributed by atoms with Crippen LogP contribution < -0.4 is 10.9 Å². The lowest BCUT2D eigenvalue weighted by Crippen LogP contribution is -2.39. The Morgan fingerprint density at radius 2 is 2.17 bits per heavy atom. The van der Waals surface area contributed by atoms with Crippen LogP contribution in [0.3, 0.4) is 0 Å². The quantitative estimate of drug-likeness (QED) is 0.612. The summed E-state index contributed by atoms with van der Waals surface area (Å²) in [5.74, 6) is 0. The van der Waals surface area contributed by atoms with Crippen molar-refractivity contribution in [2.45, 2.75) is 0 Å². The van der Waals surface area contributed by atoms with Crippen LogP contribution in [0.2, 0.25) is 0 Å². The molecule has 0 amide bonds. The summed E-state index contributed by atoms with van der Waals surface area (Å²) in [7, 11) is 0. The molecule has 0 aliphatic carbocycles. The lowest BCUT2D eigenvalue weighted by Gasteiger charge is -2.26. The van der Waals surface area contributed by atoms with Crippen LogP contribution in [0.5, 0.6) is 0 Å². The van der Waals surface area contributed by atoms with Crippen molar-refractivity contribution in [3.8, 4) is 0 Å². The van der Waals surface area contributed by atoms with E-state index in [1.54, 1.807) is 6.07 Å². The van der Waals surface area contributed by atoms with Crippen LogP contribution in [0, 0.1) is 10.1 Å². The van der Waals surface area contributed by atoms with Crippen molar-refractivity contribution in [1.29, 1.82) is 0 Å². The molecule has 2 aromatic rings. The maximum atomic E-state index is 11.7. The summed E-state index contributed by atoms with van der Waals surface area (Å²) in [5.41, 5.74) is 0.276. The third kappa shape index (κ3) is 3.46. The smallest absolute Gasteiger partial charge is 0.293 e. The molecule has 1 fully saturated rings. The number of nitrogens with zero attached hydrogens (tertiary/aromatic N) is 3. The lowest BCUT2D eigenvalue weighted by molar-refractivity contribution is -0.383. The number of ether oxygens (including phenoxy) is 1. The molecule has 0 spiro atoms. The average Bonchev–Trinajstić information content (AvgIpc) is 2.55. The van der Waals surface area contributed by atoms with E-state index in [0.717, 1.165) is 19.6 Å². The second kappa shape index (κ2) is 6.71. The number of H-pyrrole nitrogens is 1. The third-order valence-electron chi connectivity index (χ3n) is 3.80. The minimum absolute atomic E-state index is 0.127. The van der Waals surface area contributed by atoms with Gasteiger partial charge < -0.3 is 15.0 Å². The first kappa shape index (κ1) is 15.4. The summed E-state index contributed by atoms with van der Waals surface area (Å²) in [5, 5.41) is 14.5. The molecule has 1 aliphatic rings. The minimum atomic E-state index is -0.497. The zero-order chi connectivity index (χ0) is 16.2. The van der Waals surface area contributed by atoms with Crippen molar-refractivity contribution >= 4 is 22.3 Å². The minimum Gasteiger partial charge on any atom is -0.379 e. The fraction of sp³-hybridized carbons (Fsp3) is 0.429. The molecule has 0 bridgehead atoms. The van der Waals surface area contributed by atoms with Crippen LogP contribution >= 0.6 is 0 Å². The number of hydrogen-bond acceptors (Lipinski definition) is 7. The van der Waals surface area contributed by atoms with Gasteiger partial charge in [0.15, 0.2) is 0 Å². The van der Waals surface area contributed by atoms with Crippen molar-refractivity contribution in [3.63, 3.8) is 0 Å². The summed E-state index contributed by atoms with van der Waals surface area (Å²) >= 11 is 0. The van der Waals surface area contributed by atoms with Gasteiger partial charge in [-0.1, -0.05) is 0 Å². The first-order valence-electron chi connectivity index (χ1n) is 7.35. The number of nitro groups is 1. The molecule has 0 atom stereocenters. The first-order valence-corrected chi connectivity index (χ1v) is 7.35. The van der Waals surface area contributed by atoms with Crippen LogP contribution in [0.4, 0.5) is 11.4 Å². The van der Waals surface area contributed by atoms with E-state index >= 15 is 0 Å². The van der Waals surface area contributed by atoms with Crippen molar-refractivity contribution in [2.24, 2.45) is 0 Å². The fourth-order valence-electron chi connectivity index (χ4n) is 2.57. The maximum Gasteiger partial charge on any atom is 0.293 e. The third-order valence-corrected chi connectivity index (χ3v) is 3.80. The van der Waals surface area contributed by atoms with E-state index in [1.165, 1.54) is 12.4 Å². The van der Waals surface area contributed by atoms with Gasteiger partial charge >= 0.3 is 0 Å². The largest absolute Gasteiger partial charge is 0.379 e. The highest BCUT2D eigenvalue weighted by molar-refractivity contribution is 5.86. The molecule has 2 N–H and O–H groups in total. The summed E-state index contributed by atoms with van der Waals surface area (Å²) in [4.78, 5) is 31.2. The van der Waals surface area contributed by atoms with Gasteiger partial charge in [-0.15, -0.1) is 0 Å². The lowest BCUT2D eigenvalue weighted by atomic mass is 10.2. The summed E-state index contributed by atoms with van der Waals surface area (Å²) in [6.45, 7) is 4.47. The zero-order valence-electron chi connectivity index (χ0n) is 12.4. The Balaban J connectivity index is 1.79. The number of benzene rings is 1.